The van der Waals surface area contributed by atoms with Crippen LogP contribution in [0.15, 0.2) is 40.3 Å². The van der Waals surface area contributed by atoms with Crippen molar-refractivity contribution in [3.05, 3.63) is 52.9 Å². The molecule has 0 N–H and O–H groups in total. The van der Waals surface area contributed by atoms with Gasteiger partial charge in [0, 0.05) is 10.9 Å². The molecule has 2 aromatic heterocycles. The van der Waals surface area contributed by atoms with Gasteiger partial charge in [-0.2, -0.15) is 0 Å². The number of methoxy groups -OCH3 is 2. The number of furan rings is 1. The number of esters is 1. The van der Waals surface area contributed by atoms with Crippen molar-refractivity contribution in [3.63, 3.8) is 0 Å². The van der Waals surface area contributed by atoms with Crippen molar-refractivity contribution >= 4 is 17.3 Å². The molecule has 0 spiro atoms. The third-order valence-corrected chi connectivity index (χ3v) is 4.55. The predicted octanol–water partition coefficient (Wildman–Crippen LogP) is 4.09. The smallest absolute Gasteiger partial charge is 0.342 e. The lowest BCUT2D eigenvalue weighted by Crippen LogP contribution is -2.05. The number of hydrogen-bond donors (Lipinski definition) is 0. The van der Waals surface area contributed by atoms with Gasteiger partial charge in [0.15, 0.2) is 11.5 Å². The predicted molar refractivity (Wildman–Crippen MR) is 93.2 cm³/mol. The van der Waals surface area contributed by atoms with Crippen molar-refractivity contribution in [2.75, 3.05) is 14.2 Å². The highest BCUT2D eigenvalue weighted by Gasteiger charge is 2.14. The monoisotopic (exact) mass is 359 g/mol. The molecule has 0 aliphatic rings. The molecular formula is C18H17NO5S. The maximum Gasteiger partial charge on any atom is 0.342 e. The molecule has 0 unspecified atom stereocenters. The molecular weight excluding hydrogens is 342 g/mol. The summed E-state index contributed by atoms with van der Waals surface area (Å²) in [5.41, 5.74) is 2.02. The number of aryl methyl sites for hydroxylation is 1. The molecule has 0 amide bonds. The average molecular weight is 359 g/mol. The van der Waals surface area contributed by atoms with Crippen molar-refractivity contribution < 1.29 is 23.4 Å². The highest BCUT2D eigenvalue weighted by Crippen LogP contribution is 2.33. The van der Waals surface area contributed by atoms with Crippen LogP contribution in [-0.2, 0) is 11.3 Å². The summed E-state index contributed by atoms with van der Waals surface area (Å²) in [5, 5.41) is 2.67. The Balaban J connectivity index is 1.70. The molecule has 0 aliphatic heterocycles. The summed E-state index contributed by atoms with van der Waals surface area (Å²) in [7, 11) is 3.18. The maximum atomic E-state index is 12.0. The molecule has 0 saturated carbocycles. The highest BCUT2D eigenvalue weighted by molar-refractivity contribution is 7.13. The van der Waals surface area contributed by atoms with Gasteiger partial charge in [-0.1, -0.05) is 0 Å². The van der Waals surface area contributed by atoms with Crippen LogP contribution < -0.4 is 9.47 Å². The van der Waals surface area contributed by atoms with Crippen molar-refractivity contribution in [2.45, 2.75) is 13.5 Å². The quantitative estimate of drug-likeness (QED) is 0.618. The highest BCUT2D eigenvalue weighted by atomic mass is 32.1. The third kappa shape index (κ3) is 3.66. The van der Waals surface area contributed by atoms with E-state index in [0.717, 1.165) is 10.6 Å². The van der Waals surface area contributed by atoms with E-state index in [0.29, 0.717) is 28.5 Å². The Morgan fingerprint density at radius 3 is 2.68 bits per heavy atom. The molecule has 25 heavy (non-hydrogen) atoms. The van der Waals surface area contributed by atoms with Crippen molar-refractivity contribution in [2.24, 2.45) is 0 Å². The van der Waals surface area contributed by atoms with E-state index < -0.39 is 5.97 Å². The van der Waals surface area contributed by atoms with Gasteiger partial charge in [-0.3, -0.25) is 0 Å². The van der Waals surface area contributed by atoms with Gasteiger partial charge in [0.05, 0.1) is 26.2 Å². The molecule has 0 bridgehead atoms. The van der Waals surface area contributed by atoms with Gasteiger partial charge in [0.2, 0.25) is 0 Å². The van der Waals surface area contributed by atoms with Gasteiger partial charge in [-0.25, -0.2) is 9.78 Å². The lowest BCUT2D eigenvalue weighted by atomic mass is 10.2. The fourth-order valence-corrected chi connectivity index (χ4v) is 3.09. The number of ether oxygens (including phenoxy) is 3. The van der Waals surface area contributed by atoms with Crippen LogP contribution in [0.5, 0.6) is 11.5 Å². The summed E-state index contributed by atoms with van der Waals surface area (Å²) in [6.07, 6.45) is 1.46. The number of benzene rings is 1. The fourth-order valence-electron chi connectivity index (χ4n) is 2.29. The summed E-state index contributed by atoms with van der Waals surface area (Å²) in [5.74, 6) is 1.41. The number of nitrogens with zero attached hydrogens (tertiary/aromatic N) is 1. The third-order valence-electron chi connectivity index (χ3n) is 3.61. The number of hydrogen-bond acceptors (Lipinski definition) is 7. The van der Waals surface area contributed by atoms with E-state index in [2.05, 4.69) is 4.98 Å². The zero-order valence-electron chi connectivity index (χ0n) is 14.1. The Kier molecular flexibility index (Phi) is 5.04. The number of carbonyl (C=O) groups excluding carboxylic acids is 1. The van der Waals surface area contributed by atoms with Gasteiger partial charge >= 0.3 is 5.97 Å². The molecule has 0 saturated heterocycles. The Hall–Kier alpha value is -2.80. The minimum Gasteiger partial charge on any atom is -0.493 e. The number of rotatable bonds is 6. The normalized spacial score (nSPS) is 10.5. The molecule has 130 valence electrons. The molecule has 3 rings (SSSR count). The standard InChI is InChI=1S/C18H17NO5S/c1-11-14(6-7-23-11)18(20)24-9-13-10-25-17(19-13)12-4-5-15(21-2)16(8-12)22-3/h4-8,10H,9H2,1-3H3. The second kappa shape index (κ2) is 7.40. The van der Waals surface area contributed by atoms with Crippen LogP contribution in [0, 0.1) is 6.92 Å². The zero-order chi connectivity index (χ0) is 17.8. The molecule has 0 radical (unpaired) electrons. The first-order valence-electron chi connectivity index (χ1n) is 7.50. The molecule has 3 aromatic rings. The average Bonchev–Trinajstić information content (AvgIpc) is 3.28. The van der Waals surface area contributed by atoms with Crippen LogP contribution in [0.3, 0.4) is 0 Å². The van der Waals surface area contributed by atoms with E-state index in [9.17, 15) is 4.79 Å². The number of carbonyl (C=O) groups is 1. The molecule has 0 aliphatic carbocycles. The van der Waals surface area contributed by atoms with E-state index in [1.54, 1.807) is 27.2 Å². The summed E-state index contributed by atoms with van der Waals surface area (Å²) >= 11 is 1.47. The van der Waals surface area contributed by atoms with E-state index in [-0.39, 0.29) is 6.61 Å². The van der Waals surface area contributed by atoms with Crippen molar-refractivity contribution in [1.29, 1.82) is 0 Å². The van der Waals surface area contributed by atoms with Gasteiger partial charge in [0.25, 0.3) is 0 Å². The van der Waals surface area contributed by atoms with E-state index in [4.69, 9.17) is 18.6 Å². The second-order valence-electron chi connectivity index (χ2n) is 5.18. The SMILES string of the molecule is COc1ccc(-c2nc(COC(=O)c3ccoc3C)cs2)cc1OC. The molecule has 2 heterocycles. The maximum absolute atomic E-state index is 12.0. The van der Waals surface area contributed by atoms with Crippen LogP contribution in [0.1, 0.15) is 21.8 Å². The van der Waals surface area contributed by atoms with Gasteiger partial charge < -0.3 is 18.6 Å². The fraction of sp³-hybridized carbons (Fsp3) is 0.222. The van der Waals surface area contributed by atoms with E-state index >= 15 is 0 Å². The first-order valence-corrected chi connectivity index (χ1v) is 8.38. The largest absolute Gasteiger partial charge is 0.493 e. The second-order valence-corrected chi connectivity index (χ2v) is 6.04. The molecule has 7 heteroatoms. The number of aromatic nitrogens is 1. The summed E-state index contributed by atoms with van der Waals surface area (Å²) < 4.78 is 20.9. The van der Waals surface area contributed by atoms with Crippen LogP contribution >= 0.6 is 11.3 Å². The van der Waals surface area contributed by atoms with Crippen LogP contribution in [0.25, 0.3) is 10.6 Å². The summed E-state index contributed by atoms with van der Waals surface area (Å²) in [6, 6.07) is 7.19. The van der Waals surface area contributed by atoms with Crippen molar-refractivity contribution in [3.8, 4) is 22.1 Å². The molecule has 0 atom stereocenters. The molecule has 6 nitrogen and oxygen atoms in total. The minimum atomic E-state index is -0.424. The van der Waals surface area contributed by atoms with Gasteiger partial charge in [-0.15, -0.1) is 11.3 Å². The van der Waals surface area contributed by atoms with Crippen LogP contribution in [0.4, 0.5) is 0 Å². The Bertz CT molecular complexity index is 883. The molecule has 0 fully saturated rings. The zero-order valence-corrected chi connectivity index (χ0v) is 14.9. The Morgan fingerprint density at radius 2 is 2.00 bits per heavy atom. The minimum absolute atomic E-state index is 0.104. The summed E-state index contributed by atoms with van der Waals surface area (Å²) in [4.78, 5) is 16.5. The summed E-state index contributed by atoms with van der Waals surface area (Å²) in [6.45, 7) is 1.82. The van der Waals surface area contributed by atoms with Gasteiger partial charge in [-0.05, 0) is 31.2 Å². The van der Waals surface area contributed by atoms with Crippen LogP contribution in [-0.4, -0.2) is 25.2 Å². The topological polar surface area (TPSA) is 70.8 Å². The van der Waals surface area contributed by atoms with Crippen LogP contribution in [0.2, 0.25) is 0 Å². The Morgan fingerprint density at radius 1 is 1.20 bits per heavy atom. The lowest BCUT2D eigenvalue weighted by Gasteiger charge is -2.08. The first-order chi connectivity index (χ1) is 12.1. The van der Waals surface area contributed by atoms with E-state index in [1.165, 1.54) is 17.6 Å². The van der Waals surface area contributed by atoms with Crippen molar-refractivity contribution in [1.82, 2.24) is 4.98 Å². The van der Waals surface area contributed by atoms with Gasteiger partial charge in [0.1, 0.15) is 22.9 Å². The lowest BCUT2D eigenvalue weighted by molar-refractivity contribution is 0.0466. The number of thiazole rings is 1. The molecule has 1 aromatic carbocycles. The first kappa shape index (κ1) is 17.0. The van der Waals surface area contributed by atoms with E-state index in [1.807, 2.05) is 23.6 Å². The Labute approximate surface area is 149 Å².